The Morgan fingerprint density at radius 1 is 1.31 bits per heavy atom. The largest absolute Gasteiger partial charge is 0.352 e. The first kappa shape index (κ1) is 16.9. The molecule has 3 aromatic rings. The Morgan fingerprint density at radius 2 is 2.19 bits per heavy atom. The fraction of sp³-hybridized carbons (Fsp3) is 0.316. The topological polar surface area (TPSA) is 58.1 Å². The van der Waals surface area contributed by atoms with Crippen molar-refractivity contribution >= 4 is 32.7 Å². The molecule has 1 aliphatic rings. The van der Waals surface area contributed by atoms with E-state index in [4.69, 9.17) is 0 Å². The fourth-order valence-electron chi connectivity index (χ4n) is 3.23. The number of halogens is 1. The lowest BCUT2D eigenvalue weighted by Gasteiger charge is -2.31. The maximum atomic E-state index is 13.7. The normalized spacial score (nSPS) is 17.4. The quantitative estimate of drug-likeness (QED) is 0.765. The van der Waals surface area contributed by atoms with E-state index in [2.05, 4.69) is 20.2 Å². The molecule has 1 fully saturated rings. The van der Waals surface area contributed by atoms with Gasteiger partial charge in [-0.2, -0.15) is 0 Å². The maximum Gasteiger partial charge on any atom is 0.225 e. The lowest BCUT2D eigenvalue weighted by atomic mass is 9.97. The second kappa shape index (κ2) is 7.37. The van der Waals surface area contributed by atoms with Gasteiger partial charge in [0.1, 0.15) is 16.2 Å². The average molecular weight is 370 g/mol. The molecule has 1 atom stereocenters. The minimum Gasteiger partial charge on any atom is -0.352 e. The Labute approximate surface area is 154 Å². The molecule has 5 nitrogen and oxygen atoms in total. The molecule has 134 valence electrons. The Kier molecular flexibility index (Phi) is 4.79. The van der Waals surface area contributed by atoms with Crippen LogP contribution >= 0.6 is 11.3 Å². The molecule has 1 saturated heterocycles. The van der Waals surface area contributed by atoms with Gasteiger partial charge in [-0.15, -0.1) is 0 Å². The van der Waals surface area contributed by atoms with Crippen molar-refractivity contribution in [3.05, 3.63) is 54.0 Å². The molecule has 4 rings (SSSR count). The predicted octanol–water partition coefficient (Wildman–Crippen LogP) is 3.36. The third-order valence-corrected chi connectivity index (χ3v) is 5.67. The average Bonchev–Trinajstić information content (AvgIpc) is 3.11. The van der Waals surface area contributed by atoms with E-state index in [9.17, 15) is 9.18 Å². The van der Waals surface area contributed by atoms with Crippen LogP contribution in [0.4, 0.5) is 9.52 Å². The van der Waals surface area contributed by atoms with Crippen LogP contribution in [-0.2, 0) is 11.3 Å². The Morgan fingerprint density at radius 3 is 3.04 bits per heavy atom. The number of anilines is 1. The van der Waals surface area contributed by atoms with Gasteiger partial charge in [0.25, 0.3) is 0 Å². The van der Waals surface area contributed by atoms with Crippen molar-refractivity contribution in [3.8, 4) is 0 Å². The van der Waals surface area contributed by atoms with Crippen molar-refractivity contribution in [2.75, 3.05) is 18.0 Å². The predicted molar refractivity (Wildman–Crippen MR) is 101 cm³/mol. The van der Waals surface area contributed by atoms with Gasteiger partial charge >= 0.3 is 0 Å². The minimum absolute atomic E-state index is 0.0304. The molecular formula is C19H19FN4OS. The zero-order valence-corrected chi connectivity index (χ0v) is 15.0. The second-order valence-corrected chi connectivity index (χ2v) is 7.37. The first-order valence-electron chi connectivity index (χ1n) is 8.68. The zero-order chi connectivity index (χ0) is 17.9. The highest BCUT2D eigenvalue weighted by atomic mass is 32.1. The summed E-state index contributed by atoms with van der Waals surface area (Å²) in [7, 11) is 0. The first-order chi connectivity index (χ1) is 12.7. The number of rotatable bonds is 4. The molecule has 1 N–H and O–H groups in total. The van der Waals surface area contributed by atoms with Crippen LogP contribution in [0.1, 0.15) is 18.4 Å². The molecular weight excluding hydrogens is 351 g/mol. The highest BCUT2D eigenvalue weighted by molar-refractivity contribution is 7.21. The molecule has 3 heterocycles. The molecule has 0 radical (unpaired) electrons. The van der Waals surface area contributed by atoms with Gasteiger partial charge in [-0.3, -0.25) is 4.79 Å². The summed E-state index contributed by atoms with van der Waals surface area (Å²) >= 11 is 1.55. The van der Waals surface area contributed by atoms with Crippen LogP contribution in [0, 0.1) is 11.7 Å². The van der Waals surface area contributed by atoms with Crippen LogP contribution in [0.5, 0.6) is 0 Å². The molecule has 1 aliphatic heterocycles. The van der Waals surface area contributed by atoms with Crippen LogP contribution in [-0.4, -0.2) is 29.0 Å². The number of nitrogens with one attached hydrogen (secondary N) is 1. The number of carbonyl (C=O) groups excluding carboxylic acids is 1. The van der Waals surface area contributed by atoms with E-state index >= 15 is 0 Å². The summed E-state index contributed by atoms with van der Waals surface area (Å²) in [6.07, 6.45) is 3.53. The smallest absolute Gasteiger partial charge is 0.225 e. The molecule has 1 aromatic carbocycles. The molecule has 1 unspecified atom stereocenters. The number of aromatic nitrogens is 2. The molecule has 0 aliphatic carbocycles. The summed E-state index contributed by atoms with van der Waals surface area (Å²) < 4.78 is 13.7. The van der Waals surface area contributed by atoms with Crippen molar-refractivity contribution < 1.29 is 9.18 Å². The van der Waals surface area contributed by atoms with Crippen molar-refractivity contribution in [3.63, 3.8) is 0 Å². The van der Waals surface area contributed by atoms with E-state index in [0.29, 0.717) is 12.1 Å². The third-order valence-electron chi connectivity index (χ3n) is 4.63. The second-order valence-electron chi connectivity index (χ2n) is 6.42. The maximum absolute atomic E-state index is 13.7. The number of pyridine rings is 1. The Balaban J connectivity index is 1.41. The van der Waals surface area contributed by atoms with Crippen molar-refractivity contribution in [2.45, 2.75) is 19.4 Å². The highest BCUT2D eigenvalue weighted by Gasteiger charge is 2.27. The highest BCUT2D eigenvalue weighted by Crippen LogP contribution is 2.30. The number of hydrogen-bond acceptors (Lipinski definition) is 5. The number of fused-ring (bicyclic) bond motifs is 1. The van der Waals surface area contributed by atoms with Gasteiger partial charge in [0, 0.05) is 31.4 Å². The summed E-state index contributed by atoms with van der Waals surface area (Å²) in [4.78, 5) is 24.6. The molecule has 0 saturated carbocycles. The van der Waals surface area contributed by atoms with Gasteiger partial charge in [0.2, 0.25) is 5.91 Å². The van der Waals surface area contributed by atoms with Crippen molar-refractivity contribution in [1.29, 1.82) is 0 Å². The van der Waals surface area contributed by atoms with Gasteiger partial charge < -0.3 is 10.2 Å². The first-order valence-corrected chi connectivity index (χ1v) is 9.50. The van der Waals surface area contributed by atoms with E-state index in [1.54, 1.807) is 35.7 Å². The summed E-state index contributed by atoms with van der Waals surface area (Å²) in [5.74, 6) is -0.437. The molecule has 0 bridgehead atoms. The van der Waals surface area contributed by atoms with Crippen LogP contribution < -0.4 is 10.2 Å². The van der Waals surface area contributed by atoms with Crippen molar-refractivity contribution in [2.24, 2.45) is 5.92 Å². The van der Waals surface area contributed by atoms with Crippen LogP contribution in [0.3, 0.4) is 0 Å². The number of thiazole rings is 1. The number of nitrogens with zero attached hydrogens (tertiary/aromatic N) is 3. The van der Waals surface area contributed by atoms with Gasteiger partial charge in [0.15, 0.2) is 5.13 Å². The summed E-state index contributed by atoms with van der Waals surface area (Å²) in [6, 6.07) is 10.3. The number of piperidine rings is 1. The van der Waals surface area contributed by atoms with Crippen LogP contribution in [0.15, 0.2) is 42.6 Å². The van der Waals surface area contributed by atoms with Gasteiger partial charge in [0.05, 0.1) is 5.92 Å². The number of carbonyl (C=O) groups is 1. The SMILES string of the molecule is O=C(NCc1ccccc1F)C1CCCN(c2nc3cccnc3s2)C1. The number of benzene rings is 1. The van der Waals surface area contributed by atoms with Gasteiger partial charge in [-0.25, -0.2) is 14.4 Å². The van der Waals surface area contributed by atoms with E-state index in [1.165, 1.54) is 6.07 Å². The van der Waals surface area contributed by atoms with E-state index in [0.717, 1.165) is 34.9 Å². The molecule has 1 amide bonds. The lowest BCUT2D eigenvalue weighted by Crippen LogP contribution is -2.43. The summed E-state index contributed by atoms with van der Waals surface area (Å²) in [6.45, 7) is 1.73. The molecule has 2 aromatic heterocycles. The standard InChI is InChI=1S/C19H19FN4OS/c20-15-7-2-1-5-13(15)11-22-17(25)14-6-4-10-24(12-14)19-23-16-8-3-9-21-18(16)26-19/h1-3,5,7-9,14H,4,6,10-12H2,(H,22,25). The van der Waals surface area contributed by atoms with Gasteiger partial charge in [-0.05, 0) is 31.0 Å². The van der Waals surface area contributed by atoms with Gasteiger partial charge in [-0.1, -0.05) is 29.5 Å². The van der Waals surface area contributed by atoms with Crippen LogP contribution in [0.2, 0.25) is 0 Å². The van der Waals surface area contributed by atoms with E-state index in [1.807, 2.05) is 12.1 Å². The fourth-order valence-corrected chi connectivity index (χ4v) is 4.17. The number of hydrogen-bond donors (Lipinski definition) is 1. The van der Waals surface area contributed by atoms with Crippen LogP contribution in [0.25, 0.3) is 10.3 Å². The van der Waals surface area contributed by atoms with Crippen molar-refractivity contribution in [1.82, 2.24) is 15.3 Å². The monoisotopic (exact) mass is 370 g/mol. The Hall–Kier alpha value is -2.54. The third kappa shape index (κ3) is 3.53. The number of amides is 1. The Bertz CT molecular complexity index is 896. The zero-order valence-electron chi connectivity index (χ0n) is 14.2. The molecule has 26 heavy (non-hydrogen) atoms. The van der Waals surface area contributed by atoms with E-state index in [-0.39, 0.29) is 24.2 Å². The minimum atomic E-state index is -0.292. The molecule has 7 heteroatoms. The summed E-state index contributed by atoms with van der Waals surface area (Å²) in [5.41, 5.74) is 1.39. The van der Waals surface area contributed by atoms with E-state index < -0.39 is 0 Å². The lowest BCUT2D eigenvalue weighted by molar-refractivity contribution is -0.125. The summed E-state index contributed by atoms with van der Waals surface area (Å²) in [5, 5.41) is 3.78. The molecule has 0 spiro atoms.